The van der Waals surface area contributed by atoms with E-state index in [1.807, 2.05) is 17.0 Å². The number of carbonyl (C=O) groups excluding carboxylic acids is 1. The number of fused-ring (bicyclic) bond motifs is 1. The van der Waals surface area contributed by atoms with Crippen LogP contribution in [0.5, 0.6) is 0 Å². The number of hydrogen-bond acceptors (Lipinski definition) is 4. The second kappa shape index (κ2) is 8.33. The molecule has 144 valence electrons. The smallest absolute Gasteiger partial charge is 0.277 e. The van der Waals surface area contributed by atoms with Crippen LogP contribution in [-0.2, 0) is 11.3 Å². The van der Waals surface area contributed by atoms with Gasteiger partial charge in [0.05, 0.1) is 11.9 Å². The lowest BCUT2D eigenvalue weighted by Crippen LogP contribution is -2.34. The predicted octanol–water partition coefficient (Wildman–Crippen LogP) is 2.98. The minimum absolute atomic E-state index is 0.0792. The SMILES string of the molecule is O=C(CCn1nnc2ccccc2c1=O)N1CCC[C@H](c2ccccc2)CC1. The van der Waals surface area contributed by atoms with Crippen molar-refractivity contribution in [2.45, 2.75) is 38.1 Å². The quantitative estimate of drug-likeness (QED) is 0.702. The lowest BCUT2D eigenvalue weighted by atomic mass is 9.92. The summed E-state index contributed by atoms with van der Waals surface area (Å²) < 4.78 is 1.30. The van der Waals surface area contributed by atoms with Crippen LogP contribution >= 0.6 is 0 Å². The molecule has 6 nitrogen and oxygen atoms in total. The Morgan fingerprint density at radius 3 is 2.64 bits per heavy atom. The molecule has 1 saturated heterocycles. The van der Waals surface area contributed by atoms with Crippen LogP contribution in [0.3, 0.4) is 0 Å². The Hall–Kier alpha value is -3.02. The molecule has 0 unspecified atom stereocenters. The van der Waals surface area contributed by atoms with Crippen molar-refractivity contribution in [1.29, 1.82) is 0 Å². The Morgan fingerprint density at radius 2 is 1.79 bits per heavy atom. The first kappa shape index (κ1) is 18.3. The van der Waals surface area contributed by atoms with E-state index >= 15 is 0 Å². The fraction of sp³-hybridized carbons (Fsp3) is 0.364. The van der Waals surface area contributed by atoms with Gasteiger partial charge in [0.2, 0.25) is 5.91 Å². The Balaban J connectivity index is 1.38. The number of benzene rings is 2. The minimum Gasteiger partial charge on any atom is -0.343 e. The molecule has 2 aromatic carbocycles. The largest absolute Gasteiger partial charge is 0.343 e. The summed E-state index contributed by atoms with van der Waals surface area (Å²) in [5.74, 6) is 0.587. The van der Waals surface area contributed by atoms with E-state index in [4.69, 9.17) is 0 Å². The molecule has 1 atom stereocenters. The average molecular weight is 376 g/mol. The maximum Gasteiger partial charge on any atom is 0.277 e. The fourth-order valence-electron chi connectivity index (χ4n) is 3.93. The Bertz CT molecular complexity index is 1020. The number of nitrogens with zero attached hydrogens (tertiary/aromatic N) is 4. The zero-order chi connectivity index (χ0) is 19.3. The maximum absolute atomic E-state index is 12.7. The van der Waals surface area contributed by atoms with Crippen molar-refractivity contribution in [2.24, 2.45) is 0 Å². The monoisotopic (exact) mass is 376 g/mol. The van der Waals surface area contributed by atoms with Crippen LogP contribution < -0.4 is 5.56 Å². The van der Waals surface area contributed by atoms with Crippen molar-refractivity contribution in [3.05, 3.63) is 70.5 Å². The molecule has 4 rings (SSSR count). The van der Waals surface area contributed by atoms with Crippen molar-refractivity contribution in [2.75, 3.05) is 13.1 Å². The molecular weight excluding hydrogens is 352 g/mol. The lowest BCUT2D eigenvalue weighted by Gasteiger charge is -2.21. The van der Waals surface area contributed by atoms with Crippen molar-refractivity contribution in [3.8, 4) is 0 Å². The van der Waals surface area contributed by atoms with Gasteiger partial charge in [-0.25, -0.2) is 4.68 Å². The summed E-state index contributed by atoms with van der Waals surface area (Å²) in [5.41, 5.74) is 1.74. The van der Waals surface area contributed by atoms with E-state index in [2.05, 4.69) is 34.6 Å². The van der Waals surface area contributed by atoms with E-state index in [0.29, 0.717) is 16.8 Å². The van der Waals surface area contributed by atoms with Gasteiger partial charge in [0.15, 0.2) is 0 Å². The van der Waals surface area contributed by atoms with Crippen LogP contribution in [-0.4, -0.2) is 38.9 Å². The zero-order valence-electron chi connectivity index (χ0n) is 15.8. The molecule has 0 spiro atoms. The highest BCUT2D eigenvalue weighted by Gasteiger charge is 2.21. The molecule has 6 heteroatoms. The molecule has 0 radical (unpaired) electrons. The van der Waals surface area contributed by atoms with Crippen LogP contribution in [0.2, 0.25) is 0 Å². The second-order valence-corrected chi connectivity index (χ2v) is 7.30. The van der Waals surface area contributed by atoms with Gasteiger partial charge < -0.3 is 4.90 Å². The van der Waals surface area contributed by atoms with Gasteiger partial charge in [-0.2, -0.15) is 0 Å². The van der Waals surface area contributed by atoms with Gasteiger partial charge in [0.1, 0.15) is 5.52 Å². The van der Waals surface area contributed by atoms with Gasteiger partial charge in [-0.15, -0.1) is 5.10 Å². The van der Waals surface area contributed by atoms with Gasteiger partial charge in [0.25, 0.3) is 5.56 Å². The van der Waals surface area contributed by atoms with E-state index in [0.717, 1.165) is 32.4 Å². The molecule has 1 aliphatic heterocycles. The molecule has 0 N–H and O–H groups in total. The predicted molar refractivity (Wildman–Crippen MR) is 108 cm³/mol. The number of amides is 1. The number of likely N-dealkylation sites (tertiary alicyclic amines) is 1. The average Bonchev–Trinajstić information content (AvgIpc) is 3.00. The second-order valence-electron chi connectivity index (χ2n) is 7.30. The summed E-state index contributed by atoms with van der Waals surface area (Å²) >= 11 is 0. The van der Waals surface area contributed by atoms with Crippen molar-refractivity contribution in [3.63, 3.8) is 0 Å². The Morgan fingerprint density at radius 1 is 1.00 bits per heavy atom. The van der Waals surface area contributed by atoms with E-state index in [1.54, 1.807) is 18.2 Å². The minimum atomic E-state index is -0.196. The highest BCUT2D eigenvalue weighted by Crippen LogP contribution is 2.28. The number of hydrogen-bond donors (Lipinski definition) is 0. The highest BCUT2D eigenvalue weighted by molar-refractivity contribution is 5.77. The first-order valence-corrected chi connectivity index (χ1v) is 9.87. The van der Waals surface area contributed by atoms with Crippen LogP contribution in [0.25, 0.3) is 10.9 Å². The van der Waals surface area contributed by atoms with Crippen molar-refractivity contribution < 1.29 is 4.79 Å². The molecule has 1 fully saturated rings. The summed E-state index contributed by atoms with van der Waals surface area (Å²) in [7, 11) is 0. The first-order valence-electron chi connectivity index (χ1n) is 9.87. The van der Waals surface area contributed by atoms with E-state index in [1.165, 1.54) is 10.2 Å². The molecule has 0 bridgehead atoms. The van der Waals surface area contributed by atoms with Gasteiger partial charge in [-0.3, -0.25) is 9.59 Å². The Labute approximate surface area is 163 Å². The standard InChI is InChI=1S/C22H24N4O2/c27-21(13-16-26-22(28)19-10-4-5-11-20(19)23-24-26)25-14-6-9-18(12-15-25)17-7-2-1-3-8-17/h1-5,7-8,10-11,18H,6,9,12-16H2/t18-/m0/s1. The molecule has 1 aliphatic rings. The van der Waals surface area contributed by atoms with E-state index in [9.17, 15) is 9.59 Å². The number of carbonyl (C=O) groups is 1. The summed E-state index contributed by atoms with van der Waals surface area (Å²) in [5, 5.41) is 8.59. The molecule has 1 aromatic heterocycles. The third kappa shape index (κ3) is 3.96. The summed E-state index contributed by atoms with van der Waals surface area (Å²) in [4.78, 5) is 27.1. The summed E-state index contributed by atoms with van der Waals surface area (Å²) in [6.07, 6.45) is 3.35. The van der Waals surface area contributed by atoms with E-state index in [-0.39, 0.29) is 24.4 Å². The maximum atomic E-state index is 12.7. The van der Waals surface area contributed by atoms with Crippen molar-refractivity contribution in [1.82, 2.24) is 19.9 Å². The van der Waals surface area contributed by atoms with Crippen LogP contribution in [0.15, 0.2) is 59.4 Å². The third-order valence-electron chi connectivity index (χ3n) is 5.52. The molecule has 1 amide bonds. The fourth-order valence-corrected chi connectivity index (χ4v) is 3.93. The highest BCUT2D eigenvalue weighted by atomic mass is 16.2. The zero-order valence-corrected chi connectivity index (χ0v) is 15.8. The Kier molecular flexibility index (Phi) is 5.46. The first-order chi connectivity index (χ1) is 13.7. The number of rotatable bonds is 4. The van der Waals surface area contributed by atoms with E-state index < -0.39 is 0 Å². The van der Waals surface area contributed by atoms with Crippen LogP contribution in [0.4, 0.5) is 0 Å². The molecular formula is C22H24N4O2. The molecule has 3 aromatic rings. The summed E-state index contributed by atoms with van der Waals surface area (Å²) in [6, 6.07) is 17.7. The van der Waals surface area contributed by atoms with Gasteiger partial charge in [-0.1, -0.05) is 47.7 Å². The molecule has 0 aliphatic carbocycles. The number of aromatic nitrogens is 3. The lowest BCUT2D eigenvalue weighted by molar-refractivity contribution is -0.131. The molecule has 2 heterocycles. The van der Waals surface area contributed by atoms with Crippen molar-refractivity contribution >= 4 is 16.8 Å². The van der Waals surface area contributed by atoms with Gasteiger partial charge in [-0.05, 0) is 42.9 Å². The normalized spacial score (nSPS) is 17.4. The topological polar surface area (TPSA) is 68.1 Å². The summed E-state index contributed by atoms with van der Waals surface area (Å²) in [6.45, 7) is 1.80. The molecule has 0 saturated carbocycles. The number of aryl methyl sites for hydroxylation is 1. The van der Waals surface area contributed by atoms with Crippen LogP contribution in [0, 0.1) is 0 Å². The van der Waals surface area contributed by atoms with Gasteiger partial charge >= 0.3 is 0 Å². The molecule has 28 heavy (non-hydrogen) atoms. The van der Waals surface area contributed by atoms with Crippen LogP contribution in [0.1, 0.15) is 37.2 Å². The van der Waals surface area contributed by atoms with Gasteiger partial charge in [0, 0.05) is 19.5 Å². The third-order valence-corrected chi connectivity index (χ3v) is 5.52.